The lowest BCUT2D eigenvalue weighted by atomic mass is 10.1. The van der Waals surface area contributed by atoms with Crippen LogP contribution in [0.4, 0.5) is 0 Å². The molecule has 2 aliphatic heterocycles. The number of carbonyl (C=O) groups excluding carboxylic acids is 1. The van der Waals surface area contributed by atoms with Gasteiger partial charge in [-0.1, -0.05) is 24.6 Å². The summed E-state index contributed by atoms with van der Waals surface area (Å²) in [4.78, 5) is 15.9. The maximum atomic E-state index is 11.6. The Hall–Kier alpha value is -1.63. The largest absolute Gasteiger partial charge is 0.491 e. The molecular weight excluding hydrogens is 342 g/mol. The molecule has 0 bridgehead atoms. The SMILES string of the molecule is O=C1CCCN1CCNCc1ccccc1OCC(O)CN1CCCCC1. The molecule has 27 heavy (non-hydrogen) atoms. The van der Waals surface area contributed by atoms with Crippen molar-refractivity contribution in [2.45, 2.75) is 44.8 Å². The van der Waals surface area contributed by atoms with Crippen molar-refractivity contribution >= 4 is 5.91 Å². The lowest BCUT2D eigenvalue weighted by Crippen LogP contribution is -2.38. The molecule has 2 aliphatic rings. The average molecular weight is 376 g/mol. The van der Waals surface area contributed by atoms with E-state index < -0.39 is 6.10 Å². The fraction of sp³-hybridized carbons (Fsp3) is 0.667. The molecule has 0 radical (unpaired) electrons. The van der Waals surface area contributed by atoms with E-state index in [1.54, 1.807) is 0 Å². The molecule has 2 saturated heterocycles. The molecule has 1 aromatic carbocycles. The number of piperidine rings is 1. The first-order valence-corrected chi connectivity index (χ1v) is 10.3. The summed E-state index contributed by atoms with van der Waals surface area (Å²) in [7, 11) is 0. The molecule has 6 nitrogen and oxygen atoms in total. The monoisotopic (exact) mass is 375 g/mol. The van der Waals surface area contributed by atoms with Crippen LogP contribution in [0.5, 0.6) is 5.75 Å². The van der Waals surface area contributed by atoms with E-state index >= 15 is 0 Å². The van der Waals surface area contributed by atoms with Crippen LogP contribution in [-0.2, 0) is 11.3 Å². The van der Waals surface area contributed by atoms with Gasteiger partial charge in [-0.2, -0.15) is 0 Å². The molecule has 0 spiro atoms. The highest BCUT2D eigenvalue weighted by atomic mass is 16.5. The van der Waals surface area contributed by atoms with Crippen molar-refractivity contribution in [1.29, 1.82) is 0 Å². The number of likely N-dealkylation sites (tertiary alicyclic amines) is 2. The molecule has 3 rings (SSSR count). The minimum atomic E-state index is -0.467. The molecule has 0 saturated carbocycles. The summed E-state index contributed by atoms with van der Waals surface area (Å²) in [5, 5.41) is 13.7. The predicted molar refractivity (Wildman–Crippen MR) is 106 cm³/mol. The van der Waals surface area contributed by atoms with Crippen LogP contribution < -0.4 is 10.1 Å². The van der Waals surface area contributed by atoms with E-state index in [0.717, 1.165) is 50.5 Å². The lowest BCUT2D eigenvalue weighted by Gasteiger charge is -2.28. The number of nitrogens with zero attached hydrogens (tertiary/aromatic N) is 2. The summed E-state index contributed by atoms with van der Waals surface area (Å²) in [5.41, 5.74) is 1.08. The van der Waals surface area contributed by atoms with Gasteiger partial charge in [-0.15, -0.1) is 0 Å². The number of aliphatic hydroxyl groups is 1. The van der Waals surface area contributed by atoms with Crippen molar-refractivity contribution in [2.24, 2.45) is 0 Å². The third-order valence-corrected chi connectivity index (χ3v) is 5.37. The molecule has 1 aromatic rings. The second-order valence-electron chi connectivity index (χ2n) is 7.59. The zero-order valence-corrected chi connectivity index (χ0v) is 16.2. The van der Waals surface area contributed by atoms with Gasteiger partial charge in [0.05, 0.1) is 0 Å². The molecule has 1 unspecified atom stereocenters. The van der Waals surface area contributed by atoms with Crippen LogP contribution in [0.1, 0.15) is 37.7 Å². The van der Waals surface area contributed by atoms with Gasteiger partial charge in [0.2, 0.25) is 5.91 Å². The number of para-hydroxylation sites is 1. The quantitative estimate of drug-likeness (QED) is 0.609. The van der Waals surface area contributed by atoms with Crippen molar-refractivity contribution in [1.82, 2.24) is 15.1 Å². The van der Waals surface area contributed by atoms with Gasteiger partial charge >= 0.3 is 0 Å². The topological polar surface area (TPSA) is 65.0 Å². The third kappa shape index (κ3) is 6.48. The van der Waals surface area contributed by atoms with Crippen LogP contribution in [0.15, 0.2) is 24.3 Å². The van der Waals surface area contributed by atoms with Gasteiger partial charge in [0.1, 0.15) is 18.5 Å². The van der Waals surface area contributed by atoms with Crippen molar-refractivity contribution in [3.63, 3.8) is 0 Å². The molecule has 0 aromatic heterocycles. The average Bonchev–Trinajstić information content (AvgIpc) is 3.10. The Kier molecular flexibility index (Phi) is 7.93. The van der Waals surface area contributed by atoms with E-state index in [2.05, 4.69) is 10.2 Å². The Morgan fingerprint density at radius 1 is 1.11 bits per heavy atom. The second kappa shape index (κ2) is 10.6. The minimum Gasteiger partial charge on any atom is -0.491 e. The van der Waals surface area contributed by atoms with E-state index in [9.17, 15) is 9.90 Å². The number of aliphatic hydroxyl groups excluding tert-OH is 1. The van der Waals surface area contributed by atoms with Gasteiger partial charge in [-0.25, -0.2) is 0 Å². The normalized spacial score (nSPS) is 19.4. The van der Waals surface area contributed by atoms with Gasteiger partial charge in [0.25, 0.3) is 0 Å². The van der Waals surface area contributed by atoms with Crippen molar-refractivity contribution in [2.75, 3.05) is 45.9 Å². The molecule has 2 fully saturated rings. The number of carbonyl (C=O) groups is 1. The zero-order valence-electron chi connectivity index (χ0n) is 16.2. The standard InChI is InChI=1S/C21H33N3O3/c25-19(16-23-11-4-1-5-12-23)17-27-20-8-3-2-7-18(20)15-22-10-14-24-13-6-9-21(24)26/h2-3,7-8,19,22,25H,1,4-6,9-17H2. The molecule has 0 aliphatic carbocycles. The van der Waals surface area contributed by atoms with Crippen LogP contribution in [0.3, 0.4) is 0 Å². The number of amides is 1. The first-order valence-electron chi connectivity index (χ1n) is 10.3. The maximum absolute atomic E-state index is 11.6. The fourth-order valence-electron chi connectivity index (χ4n) is 3.85. The summed E-state index contributed by atoms with van der Waals surface area (Å²) < 4.78 is 5.91. The lowest BCUT2D eigenvalue weighted by molar-refractivity contribution is -0.127. The zero-order chi connectivity index (χ0) is 18.9. The highest BCUT2D eigenvalue weighted by Crippen LogP contribution is 2.18. The first-order chi connectivity index (χ1) is 13.2. The molecule has 1 atom stereocenters. The van der Waals surface area contributed by atoms with Crippen LogP contribution in [0.25, 0.3) is 0 Å². The molecule has 150 valence electrons. The number of β-amino-alcohol motifs (C(OH)–C–C–N with tert-alkyl or cyclic N) is 1. The van der Waals surface area contributed by atoms with Crippen molar-refractivity contribution in [3.05, 3.63) is 29.8 Å². The third-order valence-electron chi connectivity index (χ3n) is 5.37. The molecule has 2 heterocycles. The van der Waals surface area contributed by atoms with Gasteiger partial charge in [0, 0.05) is 44.7 Å². The molecular formula is C21H33N3O3. The Labute approximate surface area is 162 Å². The first kappa shape index (κ1) is 20.1. The van der Waals surface area contributed by atoms with E-state index in [1.807, 2.05) is 29.2 Å². The molecule has 2 N–H and O–H groups in total. The number of rotatable bonds is 10. The predicted octanol–water partition coefficient (Wildman–Crippen LogP) is 1.62. The Morgan fingerprint density at radius 2 is 1.93 bits per heavy atom. The number of nitrogens with one attached hydrogen (secondary N) is 1. The van der Waals surface area contributed by atoms with Gasteiger partial charge in [-0.05, 0) is 38.4 Å². The Bertz CT molecular complexity index is 590. The van der Waals surface area contributed by atoms with E-state index in [0.29, 0.717) is 26.1 Å². The minimum absolute atomic E-state index is 0.267. The van der Waals surface area contributed by atoms with E-state index in [1.165, 1.54) is 19.3 Å². The summed E-state index contributed by atoms with van der Waals surface area (Å²) >= 11 is 0. The van der Waals surface area contributed by atoms with E-state index in [-0.39, 0.29) is 5.91 Å². The molecule has 1 amide bonds. The second-order valence-corrected chi connectivity index (χ2v) is 7.59. The highest BCUT2D eigenvalue weighted by Gasteiger charge is 2.19. The number of hydrogen-bond donors (Lipinski definition) is 2. The Balaban J connectivity index is 1.39. The van der Waals surface area contributed by atoms with Crippen LogP contribution in [0, 0.1) is 0 Å². The number of hydrogen-bond acceptors (Lipinski definition) is 5. The fourth-order valence-corrected chi connectivity index (χ4v) is 3.85. The number of benzene rings is 1. The van der Waals surface area contributed by atoms with Crippen LogP contribution in [-0.4, -0.2) is 72.8 Å². The highest BCUT2D eigenvalue weighted by molar-refractivity contribution is 5.78. The summed E-state index contributed by atoms with van der Waals surface area (Å²) in [6, 6.07) is 7.95. The maximum Gasteiger partial charge on any atom is 0.222 e. The van der Waals surface area contributed by atoms with E-state index in [4.69, 9.17) is 4.74 Å². The summed E-state index contributed by atoms with van der Waals surface area (Å²) in [6.07, 6.45) is 4.96. The van der Waals surface area contributed by atoms with Gasteiger partial charge in [0.15, 0.2) is 0 Å². The summed E-state index contributed by atoms with van der Waals surface area (Å²) in [5.74, 6) is 1.09. The van der Waals surface area contributed by atoms with Crippen molar-refractivity contribution in [3.8, 4) is 5.75 Å². The molecule has 6 heteroatoms. The van der Waals surface area contributed by atoms with Gasteiger partial charge < -0.3 is 25.0 Å². The smallest absolute Gasteiger partial charge is 0.222 e. The van der Waals surface area contributed by atoms with Crippen molar-refractivity contribution < 1.29 is 14.6 Å². The van der Waals surface area contributed by atoms with Crippen LogP contribution in [0.2, 0.25) is 0 Å². The van der Waals surface area contributed by atoms with Gasteiger partial charge in [-0.3, -0.25) is 4.79 Å². The number of ether oxygens (including phenoxy) is 1. The summed E-state index contributed by atoms with van der Waals surface area (Å²) in [6.45, 7) is 6.28. The van der Waals surface area contributed by atoms with Crippen LogP contribution >= 0.6 is 0 Å². The Morgan fingerprint density at radius 3 is 2.70 bits per heavy atom.